The number of oxime groups is 1. The second kappa shape index (κ2) is 6.09. The van der Waals surface area contributed by atoms with Gasteiger partial charge in [-0.05, 0) is 31.5 Å². The number of aromatic nitrogens is 2. The predicted octanol–water partition coefficient (Wildman–Crippen LogP) is 4.80. The van der Waals surface area contributed by atoms with E-state index in [1.807, 2.05) is 55.5 Å². The SMILES string of the molecule is CC(=NOCc1ccccc1)c1sc2nc3ccccc3n2c1C. The first kappa shape index (κ1) is 14.9. The van der Waals surface area contributed by atoms with Crippen molar-refractivity contribution in [2.75, 3.05) is 0 Å². The summed E-state index contributed by atoms with van der Waals surface area (Å²) in [6.07, 6.45) is 0. The summed E-state index contributed by atoms with van der Waals surface area (Å²) < 4.78 is 2.19. The third-order valence-corrected chi connectivity index (χ3v) is 5.24. The van der Waals surface area contributed by atoms with Gasteiger partial charge < -0.3 is 4.84 Å². The molecule has 0 spiro atoms. The molecule has 0 saturated heterocycles. The van der Waals surface area contributed by atoms with Gasteiger partial charge in [0.25, 0.3) is 0 Å². The van der Waals surface area contributed by atoms with Gasteiger partial charge >= 0.3 is 0 Å². The number of imidazole rings is 1. The maximum Gasteiger partial charge on any atom is 0.195 e. The van der Waals surface area contributed by atoms with E-state index >= 15 is 0 Å². The average molecular weight is 335 g/mol. The lowest BCUT2D eigenvalue weighted by atomic mass is 10.2. The van der Waals surface area contributed by atoms with Crippen LogP contribution in [-0.2, 0) is 11.4 Å². The summed E-state index contributed by atoms with van der Waals surface area (Å²) in [6, 6.07) is 18.2. The van der Waals surface area contributed by atoms with Crippen LogP contribution >= 0.6 is 11.3 Å². The quantitative estimate of drug-likeness (QED) is 0.397. The smallest absolute Gasteiger partial charge is 0.195 e. The Balaban J connectivity index is 1.63. The molecule has 0 saturated carbocycles. The number of benzene rings is 2. The molecule has 2 aromatic heterocycles. The Bertz CT molecular complexity index is 1030. The molecule has 0 bridgehead atoms. The van der Waals surface area contributed by atoms with Crippen LogP contribution in [0.1, 0.15) is 23.1 Å². The largest absolute Gasteiger partial charge is 0.391 e. The molecule has 0 N–H and O–H groups in total. The van der Waals surface area contributed by atoms with Crippen LogP contribution in [0.4, 0.5) is 0 Å². The molecule has 0 unspecified atom stereocenters. The molecule has 0 aliphatic rings. The number of aryl methyl sites for hydroxylation is 1. The van der Waals surface area contributed by atoms with Gasteiger partial charge in [0.2, 0.25) is 0 Å². The number of fused-ring (bicyclic) bond motifs is 3. The fourth-order valence-corrected chi connectivity index (χ4v) is 3.90. The Labute approximate surface area is 144 Å². The second-order valence-electron chi connectivity index (χ2n) is 5.67. The monoisotopic (exact) mass is 335 g/mol. The summed E-state index contributed by atoms with van der Waals surface area (Å²) >= 11 is 1.65. The van der Waals surface area contributed by atoms with Gasteiger partial charge in [-0.3, -0.25) is 4.40 Å². The molecule has 4 aromatic rings. The maximum atomic E-state index is 5.52. The maximum absolute atomic E-state index is 5.52. The molecule has 2 aromatic carbocycles. The molecule has 0 atom stereocenters. The molecule has 0 aliphatic carbocycles. The molecular weight excluding hydrogens is 318 g/mol. The number of nitrogens with zero attached hydrogens (tertiary/aromatic N) is 3. The summed E-state index contributed by atoms with van der Waals surface area (Å²) in [7, 11) is 0. The van der Waals surface area contributed by atoms with Crippen LogP contribution in [-0.4, -0.2) is 15.1 Å². The van der Waals surface area contributed by atoms with Crippen LogP contribution < -0.4 is 0 Å². The minimum atomic E-state index is 0.475. The van der Waals surface area contributed by atoms with Crippen molar-refractivity contribution in [3.8, 4) is 0 Å². The Hall–Kier alpha value is -2.66. The number of thiazole rings is 1. The van der Waals surface area contributed by atoms with Crippen LogP contribution in [0.3, 0.4) is 0 Å². The van der Waals surface area contributed by atoms with E-state index in [-0.39, 0.29) is 0 Å². The zero-order valence-electron chi connectivity index (χ0n) is 13.6. The lowest BCUT2D eigenvalue weighted by Gasteiger charge is -2.02. The highest BCUT2D eigenvalue weighted by atomic mass is 32.1. The number of rotatable bonds is 4. The zero-order valence-corrected chi connectivity index (χ0v) is 14.4. The number of hydrogen-bond acceptors (Lipinski definition) is 4. The first-order valence-electron chi connectivity index (χ1n) is 7.81. The summed E-state index contributed by atoms with van der Waals surface area (Å²) in [5.41, 5.74) is 5.29. The highest BCUT2D eigenvalue weighted by Gasteiger charge is 2.15. The van der Waals surface area contributed by atoms with Crippen molar-refractivity contribution in [1.29, 1.82) is 0 Å². The van der Waals surface area contributed by atoms with E-state index in [1.165, 1.54) is 0 Å². The van der Waals surface area contributed by atoms with E-state index in [9.17, 15) is 0 Å². The molecular formula is C19H17N3OS. The molecule has 5 heteroatoms. The fraction of sp³-hybridized carbons (Fsp3) is 0.158. The summed E-state index contributed by atoms with van der Waals surface area (Å²) in [5.74, 6) is 0. The summed E-state index contributed by atoms with van der Waals surface area (Å²) in [6.45, 7) is 4.55. The summed E-state index contributed by atoms with van der Waals surface area (Å²) in [4.78, 5) is 12.3. The van der Waals surface area contributed by atoms with Gasteiger partial charge in [0.1, 0.15) is 6.61 Å². The first-order valence-corrected chi connectivity index (χ1v) is 8.63. The minimum absolute atomic E-state index is 0.475. The van der Waals surface area contributed by atoms with Gasteiger partial charge in [-0.25, -0.2) is 4.98 Å². The third kappa shape index (κ3) is 2.57. The molecule has 120 valence electrons. The normalized spacial score (nSPS) is 12.2. The summed E-state index contributed by atoms with van der Waals surface area (Å²) in [5, 5.41) is 4.29. The van der Waals surface area contributed by atoms with Gasteiger partial charge in [0.15, 0.2) is 4.96 Å². The van der Waals surface area contributed by atoms with Crippen molar-refractivity contribution in [3.05, 3.63) is 70.7 Å². The van der Waals surface area contributed by atoms with Crippen molar-refractivity contribution in [1.82, 2.24) is 9.38 Å². The highest BCUT2D eigenvalue weighted by molar-refractivity contribution is 7.19. The van der Waals surface area contributed by atoms with Crippen LogP contribution in [0, 0.1) is 6.92 Å². The van der Waals surface area contributed by atoms with Crippen molar-refractivity contribution in [2.45, 2.75) is 20.5 Å². The molecule has 24 heavy (non-hydrogen) atoms. The van der Waals surface area contributed by atoms with Crippen LogP contribution in [0.2, 0.25) is 0 Å². The second-order valence-corrected chi connectivity index (χ2v) is 6.65. The van der Waals surface area contributed by atoms with Gasteiger partial charge in [0.05, 0.1) is 21.6 Å². The van der Waals surface area contributed by atoms with E-state index in [0.29, 0.717) is 6.61 Å². The van der Waals surface area contributed by atoms with E-state index in [2.05, 4.69) is 22.5 Å². The number of hydrogen-bond donors (Lipinski definition) is 0. The van der Waals surface area contributed by atoms with Gasteiger partial charge in [-0.15, -0.1) is 0 Å². The van der Waals surface area contributed by atoms with Crippen LogP contribution in [0.25, 0.3) is 16.0 Å². The van der Waals surface area contributed by atoms with Gasteiger partial charge in [0, 0.05) is 5.69 Å². The molecule has 4 nitrogen and oxygen atoms in total. The van der Waals surface area contributed by atoms with E-state index in [4.69, 9.17) is 9.82 Å². The number of para-hydroxylation sites is 2. The average Bonchev–Trinajstić information content (AvgIpc) is 3.12. The first-order chi connectivity index (χ1) is 11.7. The van der Waals surface area contributed by atoms with E-state index in [0.717, 1.165) is 37.8 Å². The predicted molar refractivity (Wildman–Crippen MR) is 98.8 cm³/mol. The van der Waals surface area contributed by atoms with Crippen molar-refractivity contribution < 1.29 is 4.84 Å². The standard InChI is InChI=1S/C19H17N3OS/c1-13(21-23-12-15-8-4-3-5-9-15)18-14(2)22-17-11-7-6-10-16(17)20-19(22)24-18/h3-11H,12H2,1-2H3. The Morgan fingerprint density at radius 2 is 1.88 bits per heavy atom. The molecule has 0 aliphatic heterocycles. The third-order valence-electron chi connectivity index (χ3n) is 3.99. The molecule has 0 fully saturated rings. The topological polar surface area (TPSA) is 38.9 Å². The van der Waals surface area contributed by atoms with Crippen LogP contribution in [0.15, 0.2) is 59.8 Å². The zero-order chi connectivity index (χ0) is 16.5. The molecule has 0 amide bonds. The molecule has 2 heterocycles. The lowest BCUT2D eigenvalue weighted by Crippen LogP contribution is -1.98. The molecule has 4 rings (SSSR count). The van der Waals surface area contributed by atoms with Gasteiger partial charge in [-0.1, -0.05) is 59.0 Å². The molecule has 0 radical (unpaired) electrons. The van der Waals surface area contributed by atoms with Crippen LogP contribution in [0.5, 0.6) is 0 Å². The Kier molecular flexibility index (Phi) is 3.78. The minimum Gasteiger partial charge on any atom is -0.391 e. The Morgan fingerprint density at radius 1 is 1.12 bits per heavy atom. The van der Waals surface area contributed by atoms with Crippen molar-refractivity contribution >= 4 is 33.0 Å². The van der Waals surface area contributed by atoms with E-state index in [1.54, 1.807) is 11.3 Å². The van der Waals surface area contributed by atoms with E-state index < -0.39 is 0 Å². The van der Waals surface area contributed by atoms with Gasteiger partial charge in [-0.2, -0.15) is 0 Å². The lowest BCUT2D eigenvalue weighted by molar-refractivity contribution is 0.130. The highest BCUT2D eigenvalue weighted by Crippen LogP contribution is 2.28. The van der Waals surface area contributed by atoms with Crippen molar-refractivity contribution in [3.63, 3.8) is 0 Å². The van der Waals surface area contributed by atoms with Crippen molar-refractivity contribution in [2.24, 2.45) is 5.16 Å². The fourth-order valence-electron chi connectivity index (χ4n) is 2.82. The Morgan fingerprint density at radius 3 is 2.71 bits per heavy atom.